The van der Waals surface area contributed by atoms with Gasteiger partial charge in [0, 0.05) is 13.1 Å². The topological polar surface area (TPSA) is 58.6 Å². The van der Waals surface area contributed by atoms with Gasteiger partial charge in [-0.15, -0.1) is 0 Å². The Morgan fingerprint density at radius 2 is 1.90 bits per heavy atom. The molecule has 5 nitrogen and oxygen atoms in total. The summed E-state index contributed by atoms with van der Waals surface area (Å²) in [6.07, 6.45) is 0.0222. The first-order valence-corrected chi connectivity index (χ1v) is 7.31. The van der Waals surface area contributed by atoms with Gasteiger partial charge in [0.15, 0.2) is 0 Å². The van der Waals surface area contributed by atoms with Crippen molar-refractivity contribution in [2.45, 2.75) is 26.1 Å². The first-order chi connectivity index (χ1) is 9.97. The Labute approximate surface area is 129 Å². The number of ether oxygens (including phenoxy) is 1. The molecule has 0 aliphatic carbocycles. The maximum atomic E-state index is 12.1. The van der Waals surface area contributed by atoms with E-state index in [1.165, 1.54) is 0 Å². The monoisotopic (exact) mass is 310 g/mol. The van der Waals surface area contributed by atoms with Gasteiger partial charge in [-0.1, -0.05) is 23.7 Å². The number of halogens is 1. The number of rotatable bonds is 3. The highest BCUT2D eigenvalue weighted by atomic mass is 35.5. The molecule has 1 saturated heterocycles. The summed E-state index contributed by atoms with van der Waals surface area (Å²) in [6.45, 7) is 4.91. The van der Waals surface area contributed by atoms with Crippen LogP contribution in [-0.2, 0) is 9.53 Å². The van der Waals surface area contributed by atoms with Crippen LogP contribution in [0.5, 0.6) is 0 Å². The minimum atomic E-state index is -0.344. The predicted molar refractivity (Wildman–Crippen MR) is 80.4 cm³/mol. The van der Waals surface area contributed by atoms with Crippen molar-refractivity contribution >= 4 is 23.4 Å². The molecule has 6 heteroatoms. The molecule has 2 amide bonds. The quantitative estimate of drug-likeness (QED) is 0.924. The third-order valence-electron chi connectivity index (χ3n) is 3.29. The van der Waals surface area contributed by atoms with E-state index in [1.807, 2.05) is 13.8 Å². The fraction of sp³-hybridized carbons (Fsp3) is 0.467. The van der Waals surface area contributed by atoms with Gasteiger partial charge in [-0.05, 0) is 26.0 Å². The number of carbonyl (C=O) groups excluding carboxylic acids is 2. The molecule has 114 valence electrons. The van der Waals surface area contributed by atoms with E-state index in [2.05, 4.69) is 5.32 Å². The summed E-state index contributed by atoms with van der Waals surface area (Å²) >= 11 is 5.95. The fourth-order valence-electron chi connectivity index (χ4n) is 2.39. The number of benzene rings is 1. The van der Waals surface area contributed by atoms with Crippen LogP contribution in [0, 0.1) is 0 Å². The van der Waals surface area contributed by atoms with Gasteiger partial charge in [-0.25, -0.2) is 0 Å². The average molecular weight is 311 g/mol. The van der Waals surface area contributed by atoms with Crippen LogP contribution in [0.15, 0.2) is 24.3 Å². The zero-order chi connectivity index (χ0) is 15.4. The number of amides is 2. The van der Waals surface area contributed by atoms with E-state index in [1.54, 1.807) is 29.2 Å². The van der Waals surface area contributed by atoms with Crippen LogP contribution in [0.3, 0.4) is 0 Å². The molecule has 21 heavy (non-hydrogen) atoms. The van der Waals surface area contributed by atoms with Crippen molar-refractivity contribution in [3.05, 3.63) is 34.9 Å². The number of nitrogens with zero attached hydrogens (tertiary/aromatic N) is 1. The van der Waals surface area contributed by atoms with E-state index in [4.69, 9.17) is 16.3 Å². The van der Waals surface area contributed by atoms with E-state index in [-0.39, 0.29) is 30.6 Å². The standard InChI is InChI=1S/C15H19ClN2O3/c1-10-8-18(9-11(2)21-10)14(19)7-17-15(20)12-5-3-4-6-13(12)16/h3-6,10-11H,7-9H2,1-2H3,(H,17,20). The van der Waals surface area contributed by atoms with Crippen LogP contribution in [0.25, 0.3) is 0 Å². The highest BCUT2D eigenvalue weighted by molar-refractivity contribution is 6.33. The average Bonchev–Trinajstić information content (AvgIpc) is 2.43. The van der Waals surface area contributed by atoms with E-state index in [0.29, 0.717) is 23.7 Å². The molecule has 0 spiro atoms. The second-order valence-electron chi connectivity index (χ2n) is 5.22. The van der Waals surface area contributed by atoms with Crippen LogP contribution in [0.1, 0.15) is 24.2 Å². The second-order valence-corrected chi connectivity index (χ2v) is 5.63. The second kappa shape index (κ2) is 6.91. The Hall–Kier alpha value is -1.59. The highest BCUT2D eigenvalue weighted by Crippen LogP contribution is 2.14. The molecule has 1 aliphatic rings. The summed E-state index contributed by atoms with van der Waals surface area (Å²) in [5, 5.41) is 2.98. The maximum absolute atomic E-state index is 12.1. The lowest BCUT2D eigenvalue weighted by Gasteiger charge is -2.35. The van der Waals surface area contributed by atoms with E-state index in [9.17, 15) is 9.59 Å². The molecule has 1 aliphatic heterocycles. The Bertz CT molecular complexity index is 525. The van der Waals surface area contributed by atoms with Gasteiger partial charge in [-0.3, -0.25) is 9.59 Å². The number of hydrogen-bond acceptors (Lipinski definition) is 3. The van der Waals surface area contributed by atoms with E-state index in [0.717, 1.165) is 0 Å². The molecule has 1 fully saturated rings. The molecular weight excluding hydrogens is 292 g/mol. The number of hydrogen-bond donors (Lipinski definition) is 1. The van der Waals surface area contributed by atoms with Crippen LogP contribution in [0.2, 0.25) is 5.02 Å². The normalized spacial score (nSPS) is 22.0. The Morgan fingerprint density at radius 3 is 2.52 bits per heavy atom. The Kier molecular flexibility index (Phi) is 5.20. The summed E-state index contributed by atoms with van der Waals surface area (Å²) in [7, 11) is 0. The molecule has 0 radical (unpaired) electrons. The largest absolute Gasteiger partial charge is 0.372 e. The fourth-order valence-corrected chi connectivity index (χ4v) is 2.61. The molecule has 2 unspecified atom stereocenters. The molecule has 1 aromatic rings. The lowest BCUT2D eigenvalue weighted by Crippen LogP contribution is -2.51. The lowest BCUT2D eigenvalue weighted by atomic mass is 10.2. The molecule has 1 aromatic carbocycles. The maximum Gasteiger partial charge on any atom is 0.253 e. The number of nitrogens with one attached hydrogen (secondary N) is 1. The first kappa shape index (κ1) is 15.8. The van der Waals surface area contributed by atoms with Crippen molar-refractivity contribution in [3.8, 4) is 0 Å². The summed E-state index contributed by atoms with van der Waals surface area (Å²) < 4.78 is 5.58. The summed E-state index contributed by atoms with van der Waals surface area (Å²) in [4.78, 5) is 25.8. The van der Waals surface area contributed by atoms with Crippen molar-refractivity contribution in [2.75, 3.05) is 19.6 Å². The predicted octanol–water partition coefficient (Wildman–Crippen LogP) is 1.71. The lowest BCUT2D eigenvalue weighted by molar-refractivity contribution is -0.142. The molecular formula is C15H19ClN2O3. The van der Waals surface area contributed by atoms with Crippen LogP contribution in [0.4, 0.5) is 0 Å². The van der Waals surface area contributed by atoms with Gasteiger partial charge in [-0.2, -0.15) is 0 Å². The molecule has 0 aromatic heterocycles. The smallest absolute Gasteiger partial charge is 0.253 e. The Morgan fingerprint density at radius 1 is 1.29 bits per heavy atom. The van der Waals surface area contributed by atoms with E-state index >= 15 is 0 Å². The molecule has 0 saturated carbocycles. The van der Waals surface area contributed by atoms with Gasteiger partial charge in [0.1, 0.15) is 0 Å². The van der Waals surface area contributed by atoms with Gasteiger partial charge >= 0.3 is 0 Å². The van der Waals surface area contributed by atoms with Crippen molar-refractivity contribution in [3.63, 3.8) is 0 Å². The van der Waals surface area contributed by atoms with Gasteiger partial charge in [0.25, 0.3) is 5.91 Å². The third kappa shape index (κ3) is 4.19. The molecule has 2 rings (SSSR count). The zero-order valence-corrected chi connectivity index (χ0v) is 12.9. The van der Waals surface area contributed by atoms with Crippen molar-refractivity contribution in [2.24, 2.45) is 0 Å². The number of carbonyl (C=O) groups is 2. The molecule has 2 atom stereocenters. The van der Waals surface area contributed by atoms with E-state index < -0.39 is 0 Å². The Balaban J connectivity index is 1.89. The minimum absolute atomic E-state index is 0.0111. The minimum Gasteiger partial charge on any atom is -0.372 e. The number of morpholine rings is 1. The van der Waals surface area contributed by atoms with Crippen LogP contribution >= 0.6 is 11.6 Å². The molecule has 1 N–H and O–H groups in total. The van der Waals surface area contributed by atoms with Gasteiger partial charge in [0.2, 0.25) is 5.91 Å². The molecule has 0 bridgehead atoms. The van der Waals surface area contributed by atoms with Gasteiger partial charge in [0.05, 0.1) is 29.3 Å². The SMILES string of the molecule is CC1CN(C(=O)CNC(=O)c2ccccc2Cl)CC(C)O1. The van der Waals surface area contributed by atoms with Crippen LogP contribution < -0.4 is 5.32 Å². The van der Waals surface area contributed by atoms with Gasteiger partial charge < -0.3 is 15.0 Å². The summed E-state index contributed by atoms with van der Waals surface area (Å²) in [5.74, 6) is -0.458. The third-order valence-corrected chi connectivity index (χ3v) is 3.62. The first-order valence-electron chi connectivity index (χ1n) is 6.93. The van der Waals surface area contributed by atoms with Crippen molar-refractivity contribution < 1.29 is 14.3 Å². The highest BCUT2D eigenvalue weighted by Gasteiger charge is 2.25. The molecule has 1 heterocycles. The summed E-state index contributed by atoms with van der Waals surface area (Å²) in [5.41, 5.74) is 0.371. The van der Waals surface area contributed by atoms with Crippen LogP contribution in [-0.4, -0.2) is 48.6 Å². The van der Waals surface area contributed by atoms with Crippen molar-refractivity contribution in [1.82, 2.24) is 10.2 Å². The summed E-state index contributed by atoms with van der Waals surface area (Å²) in [6, 6.07) is 6.75. The van der Waals surface area contributed by atoms with Crippen molar-refractivity contribution in [1.29, 1.82) is 0 Å². The zero-order valence-electron chi connectivity index (χ0n) is 12.1.